The lowest BCUT2D eigenvalue weighted by molar-refractivity contribution is -0.134. The van der Waals surface area contributed by atoms with Gasteiger partial charge in [-0.1, -0.05) is 0 Å². The minimum Gasteiger partial charge on any atom is -0.399 e. The number of nitrogens with zero attached hydrogens (tertiary/aromatic N) is 2. The highest BCUT2D eigenvalue weighted by Gasteiger charge is 2.30. The zero-order valence-electron chi connectivity index (χ0n) is 9.59. The van der Waals surface area contributed by atoms with Crippen LogP contribution in [-0.2, 0) is 9.59 Å². The molecule has 0 saturated carbocycles. The Morgan fingerprint density at radius 2 is 2.28 bits per heavy atom. The van der Waals surface area contributed by atoms with E-state index in [1.807, 2.05) is 4.40 Å². The number of nitrogen functional groups attached to an aromatic ring is 1. The van der Waals surface area contributed by atoms with E-state index in [0.29, 0.717) is 24.4 Å². The summed E-state index contributed by atoms with van der Waals surface area (Å²) in [6, 6.07) is 3.55. The van der Waals surface area contributed by atoms with Gasteiger partial charge in [-0.15, -0.1) is 0 Å². The molecule has 18 heavy (non-hydrogen) atoms. The number of aromatic nitrogens is 2. The molecule has 2 amide bonds. The molecule has 1 fully saturated rings. The van der Waals surface area contributed by atoms with E-state index >= 15 is 0 Å². The van der Waals surface area contributed by atoms with Gasteiger partial charge in [-0.3, -0.25) is 14.9 Å². The van der Waals surface area contributed by atoms with Gasteiger partial charge in [0.25, 0.3) is 0 Å². The van der Waals surface area contributed by atoms with Gasteiger partial charge in [-0.2, -0.15) is 0 Å². The number of carbonyl (C=O) groups is 2. The molecule has 0 bridgehead atoms. The van der Waals surface area contributed by atoms with E-state index in [0.717, 1.165) is 5.52 Å². The third-order valence-corrected chi connectivity index (χ3v) is 3.14. The summed E-state index contributed by atoms with van der Waals surface area (Å²) >= 11 is 0. The highest BCUT2D eigenvalue weighted by molar-refractivity contribution is 6.00. The largest absolute Gasteiger partial charge is 0.399 e. The van der Waals surface area contributed by atoms with Crippen molar-refractivity contribution in [3.63, 3.8) is 0 Å². The fourth-order valence-electron chi connectivity index (χ4n) is 2.24. The Morgan fingerprint density at radius 3 is 3.06 bits per heavy atom. The maximum absolute atomic E-state index is 11.8. The highest BCUT2D eigenvalue weighted by atomic mass is 16.2. The molecule has 6 heteroatoms. The molecule has 0 aromatic carbocycles. The van der Waals surface area contributed by atoms with E-state index < -0.39 is 0 Å². The van der Waals surface area contributed by atoms with E-state index in [4.69, 9.17) is 5.73 Å². The lowest BCUT2D eigenvalue weighted by Gasteiger charge is -2.19. The van der Waals surface area contributed by atoms with E-state index in [-0.39, 0.29) is 17.7 Å². The topological polar surface area (TPSA) is 89.5 Å². The van der Waals surface area contributed by atoms with Gasteiger partial charge in [0.15, 0.2) is 0 Å². The highest BCUT2D eigenvalue weighted by Crippen LogP contribution is 2.25. The third-order valence-electron chi connectivity index (χ3n) is 3.14. The second-order valence-corrected chi connectivity index (χ2v) is 4.38. The van der Waals surface area contributed by atoms with Crippen LogP contribution in [0.15, 0.2) is 24.5 Å². The quantitative estimate of drug-likeness (QED) is 0.712. The van der Waals surface area contributed by atoms with Crippen molar-refractivity contribution in [2.75, 3.05) is 5.73 Å². The average molecular weight is 244 g/mol. The van der Waals surface area contributed by atoms with Crippen LogP contribution in [0.3, 0.4) is 0 Å². The average Bonchev–Trinajstić information content (AvgIpc) is 2.72. The Hall–Kier alpha value is -2.37. The number of hydrogen-bond donors (Lipinski definition) is 2. The maximum atomic E-state index is 11.8. The molecule has 6 nitrogen and oxygen atoms in total. The fourth-order valence-corrected chi connectivity index (χ4v) is 2.24. The van der Waals surface area contributed by atoms with Gasteiger partial charge in [-0.25, -0.2) is 4.98 Å². The van der Waals surface area contributed by atoms with Gasteiger partial charge in [0.2, 0.25) is 11.8 Å². The van der Waals surface area contributed by atoms with Crippen LogP contribution in [0.1, 0.15) is 24.6 Å². The maximum Gasteiger partial charge on any atom is 0.237 e. The van der Waals surface area contributed by atoms with Crippen LogP contribution in [0, 0.1) is 0 Å². The molecule has 2 aromatic rings. The summed E-state index contributed by atoms with van der Waals surface area (Å²) in [6.45, 7) is 0. The van der Waals surface area contributed by atoms with Crippen molar-refractivity contribution in [2.24, 2.45) is 0 Å². The van der Waals surface area contributed by atoms with E-state index in [1.54, 1.807) is 24.5 Å². The van der Waals surface area contributed by atoms with Crippen LogP contribution in [0.25, 0.3) is 5.52 Å². The number of fused-ring (bicyclic) bond motifs is 1. The smallest absolute Gasteiger partial charge is 0.237 e. The van der Waals surface area contributed by atoms with Crippen LogP contribution in [0.5, 0.6) is 0 Å². The number of amides is 2. The van der Waals surface area contributed by atoms with Crippen LogP contribution in [0.4, 0.5) is 5.69 Å². The van der Waals surface area contributed by atoms with Crippen molar-refractivity contribution in [3.8, 4) is 0 Å². The number of piperidine rings is 1. The Balaban J connectivity index is 2.04. The molecular formula is C12H12N4O2. The zero-order chi connectivity index (χ0) is 12.7. The van der Waals surface area contributed by atoms with Crippen LogP contribution < -0.4 is 11.1 Å². The Kier molecular flexibility index (Phi) is 2.29. The molecule has 2 aromatic heterocycles. The van der Waals surface area contributed by atoms with Gasteiger partial charge in [0.05, 0.1) is 17.6 Å². The number of pyridine rings is 1. The van der Waals surface area contributed by atoms with Crippen molar-refractivity contribution in [3.05, 3.63) is 30.4 Å². The normalized spacial score (nSPS) is 20.1. The van der Waals surface area contributed by atoms with Crippen molar-refractivity contribution in [2.45, 2.75) is 18.8 Å². The molecule has 1 atom stereocenters. The summed E-state index contributed by atoms with van der Waals surface area (Å²) in [5.74, 6) is -0.235. The zero-order valence-corrected chi connectivity index (χ0v) is 9.59. The van der Waals surface area contributed by atoms with Crippen molar-refractivity contribution in [1.82, 2.24) is 14.7 Å². The Morgan fingerprint density at radius 1 is 1.44 bits per heavy atom. The van der Waals surface area contributed by atoms with Crippen molar-refractivity contribution >= 4 is 23.0 Å². The molecule has 0 radical (unpaired) electrons. The minimum atomic E-state index is -0.381. The summed E-state index contributed by atoms with van der Waals surface area (Å²) in [5, 5.41) is 2.34. The molecule has 0 aliphatic carbocycles. The van der Waals surface area contributed by atoms with E-state index in [9.17, 15) is 9.59 Å². The minimum absolute atomic E-state index is 0.221. The summed E-state index contributed by atoms with van der Waals surface area (Å²) in [4.78, 5) is 27.2. The predicted molar refractivity (Wildman–Crippen MR) is 64.7 cm³/mol. The monoisotopic (exact) mass is 244 g/mol. The second kappa shape index (κ2) is 3.83. The fraction of sp³-hybridized carbons (Fsp3) is 0.250. The molecule has 1 unspecified atom stereocenters. The molecule has 1 aliphatic heterocycles. The summed E-state index contributed by atoms with van der Waals surface area (Å²) in [7, 11) is 0. The Bertz CT molecular complexity index is 647. The number of nitrogens with one attached hydrogen (secondary N) is 1. The van der Waals surface area contributed by atoms with Crippen molar-refractivity contribution < 1.29 is 9.59 Å². The first-order valence-corrected chi connectivity index (χ1v) is 5.71. The molecule has 3 heterocycles. The Labute approximate surface area is 103 Å². The van der Waals surface area contributed by atoms with Gasteiger partial charge in [-0.05, 0) is 18.6 Å². The summed E-state index contributed by atoms with van der Waals surface area (Å²) < 4.78 is 1.83. The number of nitrogens with two attached hydrogens (primary N) is 1. The number of carbonyl (C=O) groups excluding carboxylic acids is 2. The van der Waals surface area contributed by atoms with E-state index in [2.05, 4.69) is 10.3 Å². The predicted octanol–water partition coefficient (Wildman–Crippen LogP) is 0.437. The lowest BCUT2D eigenvalue weighted by atomic mass is 9.97. The molecule has 3 N–H and O–H groups in total. The van der Waals surface area contributed by atoms with Gasteiger partial charge in [0.1, 0.15) is 5.82 Å². The van der Waals surface area contributed by atoms with Crippen molar-refractivity contribution in [1.29, 1.82) is 0 Å². The second-order valence-electron chi connectivity index (χ2n) is 4.38. The molecule has 1 aliphatic rings. The summed E-state index contributed by atoms with van der Waals surface area (Å²) in [6.07, 6.45) is 4.31. The number of rotatable bonds is 1. The number of imide groups is 1. The first-order chi connectivity index (χ1) is 8.65. The first kappa shape index (κ1) is 10.8. The number of imidazole rings is 1. The van der Waals surface area contributed by atoms with Gasteiger partial charge < -0.3 is 10.1 Å². The van der Waals surface area contributed by atoms with Crippen LogP contribution >= 0.6 is 0 Å². The van der Waals surface area contributed by atoms with Crippen LogP contribution in [-0.4, -0.2) is 21.2 Å². The third kappa shape index (κ3) is 1.62. The number of hydrogen-bond acceptors (Lipinski definition) is 4. The molecule has 1 saturated heterocycles. The molecule has 3 rings (SSSR count). The van der Waals surface area contributed by atoms with Crippen LogP contribution in [0.2, 0.25) is 0 Å². The number of anilines is 1. The summed E-state index contributed by atoms with van der Waals surface area (Å²) in [5.41, 5.74) is 7.18. The van der Waals surface area contributed by atoms with Gasteiger partial charge in [0, 0.05) is 18.3 Å². The van der Waals surface area contributed by atoms with Gasteiger partial charge >= 0.3 is 0 Å². The molecule has 0 spiro atoms. The molecule has 92 valence electrons. The first-order valence-electron chi connectivity index (χ1n) is 5.71. The molecular weight excluding hydrogens is 232 g/mol. The SMILES string of the molecule is Nc1ccn2c(C3CCC(=O)NC3=O)ncc2c1. The van der Waals surface area contributed by atoms with E-state index in [1.165, 1.54) is 0 Å². The lowest BCUT2D eigenvalue weighted by Crippen LogP contribution is -2.40. The standard InChI is InChI=1S/C12H12N4O2/c13-7-3-4-16-8(5-7)6-14-11(16)9-1-2-10(17)15-12(9)18/h3-6,9H,1-2,13H2,(H,15,17,18).